The lowest BCUT2D eigenvalue weighted by Gasteiger charge is -2.09. The summed E-state index contributed by atoms with van der Waals surface area (Å²) in [6.45, 7) is 0.322. The van der Waals surface area contributed by atoms with Crippen molar-refractivity contribution in [3.8, 4) is 17.2 Å². The van der Waals surface area contributed by atoms with Crippen molar-refractivity contribution in [1.82, 2.24) is 18.7 Å². The van der Waals surface area contributed by atoms with Gasteiger partial charge in [-0.05, 0) is 34.4 Å². The molecule has 0 radical (unpaired) electrons. The molecule has 0 aliphatic heterocycles. The van der Waals surface area contributed by atoms with E-state index in [4.69, 9.17) is 11.6 Å². The molecule has 0 N–H and O–H groups in total. The summed E-state index contributed by atoms with van der Waals surface area (Å²) in [5.41, 5.74) is 2.92. The van der Waals surface area contributed by atoms with Crippen molar-refractivity contribution in [2.45, 2.75) is 6.54 Å². The molecule has 8 heteroatoms. The van der Waals surface area contributed by atoms with Gasteiger partial charge in [0.1, 0.15) is 0 Å². The van der Waals surface area contributed by atoms with E-state index in [2.05, 4.69) is 11.1 Å². The third-order valence-corrected chi connectivity index (χ3v) is 5.24. The summed E-state index contributed by atoms with van der Waals surface area (Å²) in [6, 6.07) is 17.3. The quantitative estimate of drug-likeness (QED) is 0.490. The molecular formula is C21H16ClN5O2. The minimum atomic E-state index is -0.454. The lowest BCUT2D eigenvalue weighted by molar-refractivity contribution is 0.702. The monoisotopic (exact) mass is 405 g/mol. The zero-order valence-electron chi connectivity index (χ0n) is 15.8. The number of halogens is 1. The third-order valence-electron chi connectivity index (χ3n) is 4.95. The lowest BCUT2D eigenvalue weighted by atomic mass is 9.99. The van der Waals surface area contributed by atoms with Gasteiger partial charge in [-0.3, -0.25) is 13.9 Å². The first-order valence-electron chi connectivity index (χ1n) is 8.82. The van der Waals surface area contributed by atoms with Crippen molar-refractivity contribution < 1.29 is 0 Å². The number of imidazole rings is 1. The number of nitrogens with zero attached hydrogens (tertiary/aromatic N) is 5. The van der Waals surface area contributed by atoms with Gasteiger partial charge in [0.25, 0.3) is 5.56 Å². The topological polar surface area (TPSA) is 85.6 Å². The first-order chi connectivity index (χ1) is 13.9. The predicted molar refractivity (Wildman–Crippen MR) is 111 cm³/mol. The number of rotatable bonds is 3. The Labute approximate surface area is 170 Å². The molecule has 0 fully saturated rings. The minimum Gasteiger partial charge on any atom is -0.304 e. The van der Waals surface area contributed by atoms with E-state index in [0.717, 1.165) is 21.3 Å². The van der Waals surface area contributed by atoms with Gasteiger partial charge in [0.2, 0.25) is 5.28 Å². The number of benzene rings is 2. The summed E-state index contributed by atoms with van der Waals surface area (Å²) < 4.78 is 3.94. The van der Waals surface area contributed by atoms with Crippen LogP contribution in [0.3, 0.4) is 0 Å². The van der Waals surface area contributed by atoms with Gasteiger partial charge in [-0.25, -0.2) is 4.79 Å². The van der Waals surface area contributed by atoms with Crippen LogP contribution in [0.4, 0.5) is 0 Å². The molecule has 4 aromatic rings. The average molecular weight is 406 g/mol. The van der Waals surface area contributed by atoms with Gasteiger partial charge in [0.05, 0.1) is 18.2 Å². The maximum absolute atomic E-state index is 12.6. The number of hydrogen-bond acceptors (Lipinski definition) is 4. The molecule has 2 heterocycles. The zero-order chi connectivity index (χ0) is 20.7. The Hall–Kier alpha value is -3.63. The molecule has 0 saturated heterocycles. The molecule has 0 unspecified atom stereocenters. The Bertz CT molecular complexity index is 1400. The van der Waals surface area contributed by atoms with E-state index >= 15 is 0 Å². The standard InChI is InChI=1S/C21H16ClN5O2/c1-25-18-17(19(28)26(2)21(25)29)27(20(22)24-18)12-13-7-9-14(10-8-13)16-6-4-3-5-15(16)11-23/h3-10H,12H2,1-2H3. The summed E-state index contributed by atoms with van der Waals surface area (Å²) in [4.78, 5) is 29.0. The van der Waals surface area contributed by atoms with E-state index < -0.39 is 11.2 Å². The van der Waals surface area contributed by atoms with Crippen LogP contribution in [-0.4, -0.2) is 18.7 Å². The second kappa shape index (κ2) is 7.08. The molecule has 2 aromatic heterocycles. The van der Waals surface area contributed by atoms with E-state index in [-0.39, 0.29) is 16.4 Å². The maximum atomic E-state index is 12.6. The number of fused-ring (bicyclic) bond motifs is 1. The van der Waals surface area contributed by atoms with E-state index in [9.17, 15) is 14.9 Å². The summed E-state index contributed by atoms with van der Waals surface area (Å²) >= 11 is 6.29. The van der Waals surface area contributed by atoms with Gasteiger partial charge >= 0.3 is 5.69 Å². The molecule has 0 bridgehead atoms. The first-order valence-corrected chi connectivity index (χ1v) is 9.20. The van der Waals surface area contributed by atoms with Crippen LogP contribution in [0.15, 0.2) is 58.1 Å². The highest BCUT2D eigenvalue weighted by molar-refractivity contribution is 6.29. The Morgan fingerprint density at radius 2 is 1.72 bits per heavy atom. The van der Waals surface area contributed by atoms with Gasteiger partial charge < -0.3 is 4.57 Å². The van der Waals surface area contributed by atoms with Crippen LogP contribution in [0.5, 0.6) is 0 Å². The predicted octanol–water partition coefficient (Wildman–Crippen LogP) is 2.67. The van der Waals surface area contributed by atoms with Crippen molar-refractivity contribution >= 4 is 22.8 Å². The van der Waals surface area contributed by atoms with Crippen molar-refractivity contribution in [3.05, 3.63) is 85.8 Å². The number of hydrogen-bond donors (Lipinski definition) is 0. The van der Waals surface area contributed by atoms with Crippen molar-refractivity contribution in [2.75, 3.05) is 0 Å². The fourth-order valence-corrected chi connectivity index (χ4v) is 3.59. The largest absolute Gasteiger partial charge is 0.332 e. The van der Waals surface area contributed by atoms with Crippen molar-refractivity contribution in [2.24, 2.45) is 14.1 Å². The third kappa shape index (κ3) is 3.04. The van der Waals surface area contributed by atoms with Crippen LogP contribution in [0, 0.1) is 11.3 Å². The SMILES string of the molecule is Cn1c(=O)c2c(nc(Cl)n2Cc2ccc(-c3ccccc3C#N)cc2)n(C)c1=O. The smallest absolute Gasteiger partial charge is 0.304 e. The highest BCUT2D eigenvalue weighted by Crippen LogP contribution is 2.24. The Kier molecular flexibility index (Phi) is 4.57. The fraction of sp³-hybridized carbons (Fsp3) is 0.143. The highest BCUT2D eigenvalue weighted by atomic mass is 35.5. The average Bonchev–Trinajstić information content (AvgIpc) is 3.07. The van der Waals surface area contributed by atoms with Crippen molar-refractivity contribution in [3.63, 3.8) is 0 Å². The van der Waals surface area contributed by atoms with Crippen LogP contribution >= 0.6 is 11.6 Å². The molecule has 29 heavy (non-hydrogen) atoms. The van der Waals surface area contributed by atoms with Gasteiger partial charge in [0, 0.05) is 14.1 Å². The molecule has 0 saturated carbocycles. The zero-order valence-corrected chi connectivity index (χ0v) is 16.5. The van der Waals surface area contributed by atoms with Crippen LogP contribution in [-0.2, 0) is 20.6 Å². The molecule has 7 nitrogen and oxygen atoms in total. The molecule has 0 spiro atoms. The Balaban J connectivity index is 1.77. The van der Waals surface area contributed by atoms with E-state index in [1.54, 1.807) is 17.7 Å². The van der Waals surface area contributed by atoms with Gasteiger partial charge in [-0.2, -0.15) is 10.2 Å². The molecule has 0 aliphatic rings. The molecule has 4 rings (SSSR count). The lowest BCUT2D eigenvalue weighted by Crippen LogP contribution is -2.37. The second-order valence-corrected chi connectivity index (χ2v) is 7.04. The molecule has 0 atom stereocenters. The minimum absolute atomic E-state index is 0.136. The van der Waals surface area contributed by atoms with E-state index in [0.29, 0.717) is 12.1 Å². The molecule has 0 amide bonds. The summed E-state index contributed by atoms with van der Waals surface area (Å²) in [5, 5.41) is 9.43. The number of aromatic nitrogens is 4. The number of aryl methyl sites for hydroxylation is 1. The van der Waals surface area contributed by atoms with E-state index in [1.165, 1.54) is 11.6 Å². The van der Waals surface area contributed by atoms with Gasteiger partial charge in [-0.1, -0.05) is 42.5 Å². The van der Waals surface area contributed by atoms with Crippen LogP contribution in [0.25, 0.3) is 22.3 Å². The fourth-order valence-electron chi connectivity index (χ4n) is 3.37. The van der Waals surface area contributed by atoms with Gasteiger partial charge in [0.15, 0.2) is 11.2 Å². The van der Waals surface area contributed by atoms with Crippen LogP contribution in [0.1, 0.15) is 11.1 Å². The Morgan fingerprint density at radius 1 is 1.03 bits per heavy atom. The van der Waals surface area contributed by atoms with Gasteiger partial charge in [-0.15, -0.1) is 0 Å². The number of nitriles is 1. The molecule has 0 aliphatic carbocycles. The first kappa shape index (κ1) is 18.7. The normalized spacial score (nSPS) is 11.0. The Morgan fingerprint density at radius 3 is 2.41 bits per heavy atom. The van der Waals surface area contributed by atoms with Crippen molar-refractivity contribution in [1.29, 1.82) is 5.26 Å². The molecule has 144 valence electrons. The van der Waals surface area contributed by atoms with Crippen LogP contribution in [0.2, 0.25) is 5.28 Å². The second-order valence-electron chi connectivity index (χ2n) is 6.70. The summed E-state index contributed by atoms with van der Waals surface area (Å²) in [6.07, 6.45) is 0. The molecule has 2 aromatic carbocycles. The highest BCUT2D eigenvalue weighted by Gasteiger charge is 2.18. The van der Waals surface area contributed by atoms with E-state index in [1.807, 2.05) is 42.5 Å². The van der Waals surface area contributed by atoms with Crippen LogP contribution < -0.4 is 11.2 Å². The summed E-state index contributed by atoms with van der Waals surface area (Å²) in [7, 11) is 2.98. The maximum Gasteiger partial charge on any atom is 0.332 e. The summed E-state index contributed by atoms with van der Waals surface area (Å²) in [5.74, 6) is 0. The molecular weight excluding hydrogens is 390 g/mol.